The van der Waals surface area contributed by atoms with Crippen LogP contribution in [0.1, 0.15) is 26.8 Å². The molecule has 0 bridgehead atoms. The lowest BCUT2D eigenvalue weighted by atomic mass is 10.1. The molecule has 4 aromatic rings. The summed E-state index contributed by atoms with van der Waals surface area (Å²) in [6, 6.07) is 13.3. The van der Waals surface area contributed by atoms with Gasteiger partial charge in [-0.15, -0.1) is 11.3 Å². The molecule has 2 aromatic heterocycles. The quantitative estimate of drug-likeness (QED) is 0.431. The Morgan fingerprint density at radius 1 is 1.21 bits per heavy atom. The van der Waals surface area contributed by atoms with E-state index in [0.717, 1.165) is 16.1 Å². The number of benzene rings is 2. The molecule has 0 unspecified atom stereocenters. The van der Waals surface area contributed by atoms with Crippen LogP contribution < -0.4 is 4.90 Å². The van der Waals surface area contributed by atoms with Crippen molar-refractivity contribution in [2.24, 2.45) is 0 Å². The number of carbonyl (C=O) groups is 1. The summed E-state index contributed by atoms with van der Waals surface area (Å²) >= 11 is 1.51. The van der Waals surface area contributed by atoms with Gasteiger partial charge < -0.3 is 9.15 Å². The fourth-order valence-corrected chi connectivity index (χ4v) is 3.83. The van der Waals surface area contributed by atoms with Gasteiger partial charge in [-0.25, -0.2) is 9.37 Å². The molecule has 4 rings (SSSR count). The molecule has 7 heteroatoms. The van der Waals surface area contributed by atoms with Gasteiger partial charge >= 0.3 is 0 Å². The Bertz CT molecular complexity index is 1150. The van der Waals surface area contributed by atoms with E-state index < -0.39 is 0 Å². The van der Waals surface area contributed by atoms with E-state index in [4.69, 9.17) is 9.15 Å². The summed E-state index contributed by atoms with van der Waals surface area (Å²) in [5.41, 5.74) is 2.63. The zero-order valence-electron chi connectivity index (χ0n) is 16.0. The smallest absolute Gasteiger partial charge is 0.294 e. The number of anilines is 1. The highest BCUT2D eigenvalue weighted by molar-refractivity contribution is 7.09. The van der Waals surface area contributed by atoms with Crippen LogP contribution in [0.2, 0.25) is 0 Å². The highest BCUT2D eigenvalue weighted by Crippen LogP contribution is 2.30. The number of thiazole rings is 1. The second-order valence-electron chi connectivity index (χ2n) is 6.56. The molecule has 0 aliphatic rings. The number of aromatic nitrogens is 1. The second-order valence-corrected chi connectivity index (χ2v) is 7.63. The summed E-state index contributed by atoms with van der Waals surface area (Å²) in [4.78, 5) is 19.6. The lowest BCUT2D eigenvalue weighted by molar-refractivity contribution is 0.0953. The SMILES string of the molecule is COCc1c(C(=O)N(Cc2csc(C)n2)c2ccc(F)cc2)oc2ccccc12. The first-order chi connectivity index (χ1) is 14.1. The zero-order chi connectivity index (χ0) is 20.4. The third kappa shape index (κ3) is 3.92. The number of ether oxygens (including phenoxy) is 1. The molecule has 1 amide bonds. The lowest BCUT2D eigenvalue weighted by Gasteiger charge is -2.21. The largest absolute Gasteiger partial charge is 0.450 e. The number of para-hydroxylation sites is 1. The first-order valence-electron chi connectivity index (χ1n) is 9.04. The summed E-state index contributed by atoms with van der Waals surface area (Å²) in [6.07, 6.45) is 0. The molecule has 0 saturated carbocycles. The molecule has 29 heavy (non-hydrogen) atoms. The Hall–Kier alpha value is -3.03. The molecular formula is C22H19FN2O3S. The minimum Gasteiger partial charge on any atom is -0.450 e. The number of rotatable bonds is 6. The van der Waals surface area contributed by atoms with Gasteiger partial charge in [-0.3, -0.25) is 9.69 Å². The standard InChI is InChI=1S/C22H19FN2O3S/c1-14-24-16(13-29-14)11-25(17-9-7-15(23)8-10-17)22(26)21-19(12-27-2)18-5-3-4-6-20(18)28-21/h3-10,13H,11-12H2,1-2H3. The number of hydrogen-bond donors (Lipinski definition) is 0. The van der Waals surface area contributed by atoms with Crippen LogP contribution in [-0.2, 0) is 17.9 Å². The Balaban J connectivity index is 1.79. The highest BCUT2D eigenvalue weighted by Gasteiger charge is 2.27. The third-order valence-electron chi connectivity index (χ3n) is 4.55. The van der Waals surface area contributed by atoms with E-state index in [9.17, 15) is 9.18 Å². The van der Waals surface area contributed by atoms with Crippen molar-refractivity contribution in [3.8, 4) is 0 Å². The van der Waals surface area contributed by atoms with Gasteiger partial charge in [0.1, 0.15) is 11.4 Å². The van der Waals surface area contributed by atoms with Crippen molar-refractivity contribution in [2.75, 3.05) is 12.0 Å². The summed E-state index contributed by atoms with van der Waals surface area (Å²) in [5, 5.41) is 3.66. The monoisotopic (exact) mass is 410 g/mol. The van der Waals surface area contributed by atoms with Crippen LogP contribution >= 0.6 is 11.3 Å². The zero-order valence-corrected chi connectivity index (χ0v) is 16.8. The number of fused-ring (bicyclic) bond motifs is 1. The molecule has 0 aliphatic carbocycles. The lowest BCUT2D eigenvalue weighted by Crippen LogP contribution is -2.31. The number of halogens is 1. The molecule has 2 aromatic carbocycles. The van der Waals surface area contributed by atoms with Gasteiger partial charge in [0, 0.05) is 29.1 Å². The maximum Gasteiger partial charge on any atom is 0.294 e. The predicted octanol–water partition coefficient (Wildman–Crippen LogP) is 5.33. The van der Waals surface area contributed by atoms with E-state index in [0.29, 0.717) is 16.8 Å². The molecule has 0 fully saturated rings. The van der Waals surface area contributed by atoms with Crippen molar-refractivity contribution in [1.82, 2.24) is 4.98 Å². The van der Waals surface area contributed by atoms with Gasteiger partial charge in [0.25, 0.3) is 5.91 Å². The van der Waals surface area contributed by atoms with Crippen LogP contribution in [0.15, 0.2) is 58.3 Å². The number of aryl methyl sites for hydroxylation is 1. The third-order valence-corrected chi connectivity index (χ3v) is 5.37. The van der Waals surface area contributed by atoms with Crippen LogP contribution in [-0.4, -0.2) is 18.0 Å². The Labute approximate surface area is 171 Å². The van der Waals surface area contributed by atoms with Gasteiger partial charge in [0.2, 0.25) is 0 Å². The summed E-state index contributed by atoms with van der Waals surface area (Å²) in [6.45, 7) is 2.40. The first-order valence-corrected chi connectivity index (χ1v) is 9.92. The second kappa shape index (κ2) is 8.14. The van der Waals surface area contributed by atoms with E-state index in [-0.39, 0.29) is 30.6 Å². The molecule has 0 aliphatic heterocycles. The van der Waals surface area contributed by atoms with Gasteiger partial charge in [-0.2, -0.15) is 0 Å². The van der Waals surface area contributed by atoms with E-state index in [1.165, 1.54) is 23.5 Å². The Morgan fingerprint density at radius 3 is 2.66 bits per heavy atom. The molecule has 0 saturated heterocycles. The maximum atomic E-state index is 13.6. The Morgan fingerprint density at radius 2 is 1.97 bits per heavy atom. The fourth-order valence-electron chi connectivity index (χ4n) is 3.23. The van der Waals surface area contributed by atoms with Crippen molar-refractivity contribution in [1.29, 1.82) is 0 Å². The minimum absolute atomic E-state index is 0.212. The first kappa shape index (κ1) is 19.3. The minimum atomic E-state index is -0.366. The molecule has 0 spiro atoms. The molecule has 2 heterocycles. The molecular weight excluding hydrogens is 391 g/mol. The normalized spacial score (nSPS) is 11.1. The van der Waals surface area contributed by atoms with Crippen LogP contribution in [0, 0.1) is 12.7 Å². The molecule has 0 N–H and O–H groups in total. The molecule has 5 nitrogen and oxygen atoms in total. The Kier molecular flexibility index (Phi) is 5.42. The van der Waals surface area contributed by atoms with Crippen LogP contribution in [0.5, 0.6) is 0 Å². The van der Waals surface area contributed by atoms with E-state index >= 15 is 0 Å². The van der Waals surface area contributed by atoms with E-state index in [1.54, 1.807) is 24.1 Å². The van der Waals surface area contributed by atoms with Crippen LogP contribution in [0.4, 0.5) is 10.1 Å². The summed E-state index contributed by atoms with van der Waals surface area (Å²) in [5.74, 6) is -0.482. The fraction of sp³-hybridized carbons (Fsp3) is 0.182. The predicted molar refractivity (Wildman–Crippen MR) is 111 cm³/mol. The maximum absolute atomic E-state index is 13.6. The van der Waals surface area contributed by atoms with Crippen molar-refractivity contribution < 1.29 is 18.3 Å². The van der Waals surface area contributed by atoms with E-state index in [1.807, 2.05) is 36.6 Å². The van der Waals surface area contributed by atoms with Crippen molar-refractivity contribution in [2.45, 2.75) is 20.1 Å². The molecule has 0 atom stereocenters. The van der Waals surface area contributed by atoms with Crippen molar-refractivity contribution in [3.05, 3.63) is 81.8 Å². The number of methoxy groups -OCH3 is 1. The summed E-state index contributed by atoms with van der Waals surface area (Å²) < 4.78 is 24.7. The van der Waals surface area contributed by atoms with Gasteiger partial charge in [0.15, 0.2) is 5.76 Å². The average Bonchev–Trinajstić information content (AvgIpc) is 3.30. The number of nitrogens with zero attached hydrogens (tertiary/aromatic N) is 2. The summed E-state index contributed by atoms with van der Waals surface area (Å²) in [7, 11) is 1.58. The number of amides is 1. The van der Waals surface area contributed by atoms with Crippen molar-refractivity contribution >= 4 is 33.9 Å². The van der Waals surface area contributed by atoms with Crippen LogP contribution in [0.25, 0.3) is 11.0 Å². The van der Waals surface area contributed by atoms with Gasteiger partial charge in [-0.05, 0) is 37.3 Å². The molecule has 148 valence electrons. The van der Waals surface area contributed by atoms with Crippen molar-refractivity contribution in [3.63, 3.8) is 0 Å². The topological polar surface area (TPSA) is 55.6 Å². The van der Waals surface area contributed by atoms with E-state index in [2.05, 4.69) is 4.98 Å². The van der Waals surface area contributed by atoms with Gasteiger partial charge in [0.05, 0.1) is 23.9 Å². The molecule has 0 radical (unpaired) electrons. The average molecular weight is 410 g/mol. The van der Waals surface area contributed by atoms with Crippen LogP contribution in [0.3, 0.4) is 0 Å². The number of furan rings is 1. The van der Waals surface area contributed by atoms with Gasteiger partial charge in [-0.1, -0.05) is 18.2 Å². The number of carbonyl (C=O) groups excluding carboxylic acids is 1. The number of hydrogen-bond acceptors (Lipinski definition) is 5. The highest BCUT2D eigenvalue weighted by atomic mass is 32.1.